The molecule has 1 atom stereocenters. The molecular weight excluding hydrogens is 453 g/mol. The molecule has 2 aromatic carbocycles. The van der Waals surface area contributed by atoms with Gasteiger partial charge in [-0.15, -0.1) is 13.2 Å². The van der Waals surface area contributed by atoms with Crippen molar-refractivity contribution < 1.29 is 38.0 Å². The van der Waals surface area contributed by atoms with E-state index in [0.717, 1.165) is 0 Å². The standard InChI is InChI=1S/C24H25F3N2O5/c1-23(2,3)29(22(32)33)12-15-11-18(14-6-8-16(9-7-14)34-24(25,26)27)21-17(5-4-10-28-21)20(15)19(31)13-30/h4-11,19,30-31H,12-13H2,1-3H3,(H,32,33)/t19-/m1/s1. The Bertz CT molecular complexity index is 1170. The van der Waals surface area contributed by atoms with E-state index in [0.29, 0.717) is 33.2 Å². The molecule has 0 bridgehead atoms. The van der Waals surface area contributed by atoms with Gasteiger partial charge in [0.25, 0.3) is 0 Å². The van der Waals surface area contributed by atoms with Gasteiger partial charge in [0, 0.05) is 29.2 Å². The summed E-state index contributed by atoms with van der Waals surface area (Å²) < 4.78 is 41.5. The molecule has 3 N–H and O–H groups in total. The van der Waals surface area contributed by atoms with Crippen molar-refractivity contribution in [2.75, 3.05) is 6.61 Å². The van der Waals surface area contributed by atoms with Gasteiger partial charge < -0.3 is 20.1 Å². The van der Waals surface area contributed by atoms with Crippen LogP contribution in [0.15, 0.2) is 48.7 Å². The number of hydrogen-bond acceptors (Lipinski definition) is 5. The van der Waals surface area contributed by atoms with Gasteiger partial charge in [0.2, 0.25) is 0 Å². The molecule has 0 aliphatic heterocycles. The number of alkyl halides is 3. The van der Waals surface area contributed by atoms with Crippen LogP contribution in [0, 0.1) is 0 Å². The monoisotopic (exact) mass is 478 g/mol. The molecule has 0 radical (unpaired) electrons. The maximum atomic E-state index is 12.5. The summed E-state index contributed by atoms with van der Waals surface area (Å²) in [5.74, 6) is -0.383. The average molecular weight is 478 g/mol. The summed E-state index contributed by atoms with van der Waals surface area (Å²) in [6, 6.07) is 10.2. The lowest BCUT2D eigenvalue weighted by Crippen LogP contribution is -2.44. The van der Waals surface area contributed by atoms with Gasteiger partial charge in [0.15, 0.2) is 0 Å². The summed E-state index contributed by atoms with van der Waals surface area (Å²) in [6.45, 7) is 4.49. The first-order chi connectivity index (χ1) is 15.8. The number of rotatable bonds is 6. The first-order valence-electron chi connectivity index (χ1n) is 10.4. The number of aromatic nitrogens is 1. The third-order valence-electron chi connectivity index (χ3n) is 5.29. The van der Waals surface area contributed by atoms with Crippen molar-refractivity contribution in [1.82, 2.24) is 9.88 Å². The van der Waals surface area contributed by atoms with Crippen LogP contribution in [0.2, 0.25) is 0 Å². The highest BCUT2D eigenvalue weighted by atomic mass is 19.4. The second-order valence-corrected chi connectivity index (χ2v) is 8.71. The van der Waals surface area contributed by atoms with Crippen molar-refractivity contribution in [1.29, 1.82) is 0 Å². The minimum absolute atomic E-state index is 0.0989. The van der Waals surface area contributed by atoms with Gasteiger partial charge in [-0.3, -0.25) is 9.88 Å². The van der Waals surface area contributed by atoms with Crippen molar-refractivity contribution in [3.05, 3.63) is 59.8 Å². The van der Waals surface area contributed by atoms with Crippen LogP contribution in [0.25, 0.3) is 22.0 Å². The number of carbonyl (C=O) groups is 1. The third kappa shape index (κ3) is 5.57. The van der Waals surface area contributed by atoms with Crippen molar-refractivity contribution in [3.8, 4) is 16.9 Å². The van der Waals surface area contributed by atoms with E-state index >= 15 is 0 Å². The second-order valence-electron chi connectivity index (χ2n) is 8.71. The minimum Gasteiger partial charge on any atom is -0.465 e. The van der Waals surface area contributed by atoms with E-state index in [2.05, 4.69) is 9.72 Å². The number of benzene rings is 2. The van der Waals surface area contributed by atoms with Crippen LogP contribution in [-0.2, 0) is 6.54 Å². The van der Waals surface area contributed by atoms with Gasteiger partial charge in [-0.2, -0.15) is 0 Å². The van der Waals surface area contributed by atoms with Crippen LogP contribution in [0.5, 0.6) is 5.75 Å². The molecular formula is C24H25F3N2O5. The molecule has 0 unspecified atom stereocenters. The molecule has 0 spiro atoms. The highest BCUT2D eigenvalue weighted by Crippen LogP contribution is 2.37. The van der Waals surface area contributed by atoms with Gasteiger partial charge in [0.1, 0.15) is 11.9 Å². The van der Waals surface area contributed by atoms with Crippen LogP contribution >= 0.6 is 0 Å². The van der Waals surface area contributed by atoms with Gasteiger partial charge in [0.05, 0.1) is 12.1 Å². The maximum Gasteiger partial charge on any atom is 0.573 e. The highest BCUT2D eigenvalue weighted by molar-refractivity contribution is 5.97. The molecule has 0 aliphatic carbocycles. The van der Waals surface area contributed by atoms with Crippen LogP contribution in [0.3, 0.4) is 0 Å². The zero-order valence-electron chi connectivity index (χ0n) is 18.8. The molecule has 182 valence electrons. The highest BCUT2D eigenvalue weighted by Gasteiger charge is 2.31. The Morgan fingerprint density at radius 2 is 1.79 bits per heavy atom. The van der Waals surface area contributed by atoms with E-state index in [1.54, 1.807) is 39.0 Å². The summed E-state index contributed by atoms with van der Waals surface area (Å²) >= 11 is 0. The van der Waals surface area contributed by atoms with Crippen LogP contribution in [0.1, 0.15) is 38.0 Å². The molecule has 1 amide bonds. The number of aliphatic hydroxyl groups excluding tert-OH is 2. The summed E-state index contributed by atoms with van der Waals surface area (Å²) in [5.41, 5.74) is 1.48. The summed E-state index contributed by atoms with van der Waals surface area (Å²) in [7, 11) is 0. The van der Waals surface area contributed by atoms with E-state index in [9.17, 15) is 33.3 Å². The number of nitrogens with zero attached hydrogens (tertiary/aromatic N) is 2. The molecule has 34 heavy (non-hydrogen) atoms. The zero-order valence-corrected chi connectivity index (χ0v) is 18.8. The molecule has 0 fully saturated rings. The predicted molar refractivity (Wildman–Crippen MR) is 119 cm³/mol. The lowest BCUT2D eigenvalue weighted by Gasteiger charge is -2.34. The van der Waals surface area contributed by atoms with E-state index in [1.807, 2.05) is 0 Å². The van der Waals surface area contributed by atoms with Gasteiger partial charge >= 0.3 is 12.5 Å². The van der Waals surface area contributed by atoms with Gasteiger partial charge in [-0.1, -0.05) is 18.2 Å². The predicted octanol–water partition coefficient (Wildman–Crippen LogP) is 5.10. The summed E-state index contributed by atoms with van der Waals surface area (Å²) in [5, 5.41) is 30.5. The number of halogens is 3. The molecule has 0 saturated heterocycles. The Morgan fingerprint density at radius 1 is 1.15 bits per heavy atom. The number of aliphatic hydroxyl groups is 2. The first-order valence-corrected chi connectivity index (χ1v) is 10.4. The lowest BCUT2D eigenvalue weighted by molar-refractivity contribution is -0.274. The molecule has 0 saturated carbocycles. The van der Waals surface area contributed by atoms with Crippen molar-refractivity contribution in [2.45, 2.75) is 45.3 Å². The van der Waals surface area contributed by atoms with Crippen molar-refractivity contribution >= 4 is 17.0 Å². The third-order valence-corrected chi connectivity index (χ3v) is 5.29. The van der Waals surface area contributed by atoms with E-state index in [1.165, 1.54) is 35.4 Å². The maximum absolute atomic E-state index is 12.5. The normalized spacial score (nSPS) is 13.1. The molecule has 3 aromatic rings. The molecule has 1 aromatic heterocycles. The molecule has 10 heteroatoms. The largest absolute Gasteiger partial charge is 0.573 e. The van der Waals surface area contributed by atoms with Crippen LogP contribution in [-0.4, -0.2) is 49.8 Å². The van der Waals surface area contributed by atoms with Crippen LogP contribution in [0.4, 0.5) is 18.0 Å². The Morgan fingerprint density at radius 3 is 2.32 bits per heavy atom. The summed E-state index contributed by atoms with van der Waals surface area (Å²) in [4.78, 5) is 17.6. The molecule has 1 heterocycles. The Hall–Kier alpha value is -3.37. The summed E-state index contributed by atoms with van der Waals surface area (Å²) in [6.07, 6.45) is -5.76. The lowest BCUT2D eigenvalue weighted by atomic mass is 9.90. The molecule has 0 aliphatic rings. The fourth-order valence-electron chi connectivity index (χ4n) is 3.76. The minimum atomic E-state index is -4.82. The quantitative estimate of drug-likeness (QED) is 0.455. The average Bonchev–Trinajstić information content (AvgIpc) is 2.74. The van der Waals surface area contributed by atoms with E-state index in [-0.39, 0.29) is 12.3 Å². The zero-order chi connectivity index (χ0) is 25.3. The molecule has 7 nitrogen and oxygen atoms in total. The van der Waals surface area contributed by atoms with Crippen molar-refractivity contribution in [3.63, 3.8) is 0 Å². The number of ether oxygens (including phenoxy) is 1. The van der Waals surface area contributed by atoms with Crippen molar-refractivity contribution in [2.24, 2.45) is 0 Å². The topological polar surface area (TPSA) is 103 Å². The number of fused-ring (bicyclic) bond motifs is 1. The fraction of sp³-hybridized carbons (Fsp3) is 0.333. The second kappa shape index (κ2) is 9.47. The molecule has 3 rings (SSSR count). The smallest absolute Gasteiger partial charge is 0.465 e. The fourth-order valence-corrected chi connectivity index (χ4v) is 3.76. The number of pyridine rings is 1. The van der Waals surface area contributed by atoms with Crippen LogP contribution < -0.4 is 4.74 Å². The van der Waals surface area contributed by atoms with Gasteiger partial charge in [-0.25, -0.2) is 4.79 Å². The first kappa shape index (κ1) is 25.3. The van der Waals surface area contributed by atoms with E-state index in [4.69, 9.17) is 0 Å². The Balaban J connectivity index is 2.22. The van der Waals surface area contributed by atoms with E-state index < -0.39 is 30.7 Å². The van der Waals surface area contributed by atoms with Gasteiger partial charge in [-0.05, 0) is 61.7 Å². The Kier molecular flexibility index (Phi) is 7.04. The SMILES string of the molecule is CC(C)(C)N(Cc1cc(-c2ccc(OC(F)(F)F)cc2)c2ncccc2c1[C@H](O)CO)C(=O)O. The number of carboxylic acid groups (broad SMARTS) is 1. The number of amides is 1. The Labute approximate surface area is 194 Å². The number of hydrogen-bond donors (Lipinski definition) is 3.